The lowest BCUT2D eigenvalue weighted by atomic mass is 9.33. The van der Waals surface area contributed by atoms with Gasteiger partial charge in [0.25, 0.3) is 0 Å². The zero-order chi connectivity index (χ0) is 55.7. The lowest BCUT2D eigenvalue weighted by Gasteiger charge is -2.33. The van der Waals surface area contributed by atoms with Crippen LogP contribution < -0.4 is 42.6 Å². The number of nitrogens with zero attached hydrogens (tertiary/aromatic N) is 2. The van der Waals surface area contributed by atoms with E-state index in [0.717, 1.165) is 34.1 Å². The molecular formula is C76H70B2N2. The molecule has 0 bridgehead atoms. The number of hydrogen-bond donors (Lipinski definition) is 0. The molecule has 0 fully saturated rings. The smallest absolute Gasteiger partial charge is 0.243 e. The first-order valence-electron chi connectivity index (χ1n) is 28.6. The molecular weight excluding hydrogens is 962 g/mol. The average molecular weight is 1030 g/mol. The average Bonchev–Trinajstić information content (AvgIpc) is 3.56. The van der Waals surface area contributed by atoms with Crippen LogP contribution in [0.5, 0.6) is 0 Å². The SMILES string of the molecule is Cc1cc(C)c(B(c2c(C)cc(C)cc2C)c2cc(N(c3ccccc3)c3ccccc3)c3ccc4c(B(c5c(C)cc(C)cc5C)c5c(C)cc(C)cc5C)cc(N(c5ccccc5)c5ccccc5)c5ccc2c3c45)c(C)c1. The molecule has 390 valence electrons. The zero-order valence-corrected chi connectivity index (χ0v) is 48.7. The van der Waals surface area contributed by atoms with Gasteiger partial charge in [-0.1, -0.05) is 245 Å². The Bertz CT molecular complexity index is 3750. The van der Waals surface area contributed by atoms with Crippen LogP contribution in [0.25, 0.3) is 32.3 Å². The number of hydrogen-bond acceptors (Lipinski definition) is 2. The molecule has 0 unspecified atom stereocenters. The molecule has 12 rings (SSSR count). The Balaban J connectivity index is 1.34. The Kier molecular flexibility index (Phi) is 13.6. The summed E-state index contributed by atoms with van der Waals surface area (Å²) in [6, 6.07) is 78.3. The van der Waals surface area contributed by atoms with E-state index in [1.54, 1.807) is 0 Å². The predicted octanol–water partition coefficient (Wildman–Crippen LogP) is 16.3. The van der Waals surface area contributed by atoms with E-state index in [0.29, 0.717) is 0 Å². The van der Waals surface area contributed by atoms with Crippen molar-refractivity contribution in [2.45, 2.75) is 83.1 Å². The highest BCUT2D eigenvalue weighted by atomic mass is 15.1. The Morgan fingerprint density at radius 1 is 0.237 bits per heavy atom. The molecule has 2 nitrogen and oxygen atoms in total. The van der Waals surface area contributed by atoms with E-state index < -0.39 is 0 Å². The fourth-order valence-corrected chi connectivity index (χ4v) is 14.5. The van der Waals surface area contributed by atoms with Crippen molar-refractivity contribution in [2.24, 2.45) is 0 Å². The quantitative estimate of drug-likeness (QED) is 0.0889. The fraction of sp³-hybridized carbons (Fsp3) is 0.158. The minimum absolute atomic E-state index is 0.0968. The Hall–Kier alpha value is -8.59. The van der Waals surface area contributed by atoms with Gasteiger partial charge in [-0.05, 0) is 165 Å². The van der Waals surface area contributed by atoms with E-state index in [4.69, 9.17) is 0 Å². The normalized spacial score (nSPS) is 11.5. The molecule has 12 aromatic carbocycles. The maximum Gasteiger partial charge on any atom is 0.243 e. The van der Waals surface area contributed by atoms with Gasteiger partial charge >= 0.3 is 0 Å². The second-order valence-electron chi connectivity index (χ2n) is 23.2. The monoisotopic (exact) mass is 1030 g/mol. The summed E-state index contributed by atoms with van der Waals surface area (Å²) in [5, 5.41) is 7.50. The molecule has 4 heteroatoms. The highest BCUT2D eigenvalue weighted by Crippen LogP contribution is 2.47. The van der Waals surface area contributed by atoms with Gasteiger partial charge in [0.1, 0.15) is 0 Å². The van der Waals surface area contributed by atoms with E-state index >= 15 is 0 Å². The summed E-state index contributed by atoms with van der Waals surface area (Å²) >= 11 is 0. The van der Waals surface area contributed by atoms with Gasteiger partial charge in [-0.3, -0.25) is 0 Å². The Morgan fingerprint density at radius 3 is 0.675 bits per heavy atom. The van der Waals surface area contributed by atoms with Crippen LogP contribution in [0.15, 0.2) is 206 Å². The number of rotatable bonds is 12. The van der Waals surface area contributed by atoms with Crippen molar-refractivity contribution in [1.82, 2.24) is 0 Å². The molecule has 0 saturated carbocycles. The first kappa shape index (κ1) is 52.1. The largest absolute Gasteiger partial charge is 0.310 e. The number of benzene rings is 12. The van der Waals surface area contributed by atoms with Crippen molar-refractivity contribution in [1.29, 1.82) is 0 Å². The van der Waals surface area contributed by atoms with Crippen LogP contribution in [0.3, 0.4) is 0 Å². The lowest BCUT2D eigenvalue weighted by molar-refractivity contribution is 1.30. The molecule has 0 saturated heterocycles. The Morgan fingerprint density at radius 2 is 0.450 bits per heavy atom. The predicted molar refractivity (Wildman–Crippen MR) is 351 cm³/mol. The molecule has 0 heterocycles. The van der Waals surface area contributed by atoms with Gasteiger partial charge in [-0.25, -0.2) is 0 Å². The third-order valence-corrected chi connectivity index (χ3v) is 17.2. The topological polar surface area (TPSA) is 6.48 Å². The number of para-hydroxylation sites is 4. The summed E-state index contributed by atoms with van der Waals surface area (Å²) in [5.41, 5.74) is 30.4. The minimum Gasteiger partial charge on any atom is -0.310 e. The van der Waals surface area contributed by atoms with E-state index in [2.05, 4.69) is 299 Å². The van der Waals surface area contributed by atoms with Gasteiger partial charge in [0, 0.05) is 33.5 Å². The highest BCUT2D eigenvalue weighted by Gasteiger charge is 2.36. The van der Waals surface area contributed by atoms with Crippen molar-refractivity contribution in [3.63, 3.8) is 0 Å². The van der Waals surface area contributed by atoms with Crippen molar-refractivity contribution < 1.29 is 0 Å². The summed E-state index contributed by atoms with van der Waals surface area (Å²) in [5.74, 6) is 0. The molecule has 0 amide bonds. The van der Waals surface area contributed by atoms with Crippen molar-refractivity contribution in [3.8, 4) is 0 Å². The van der Waals surface area contributed by atoms with Crippen LogP contribution in [0.4, 0.5) is 34.1 Å². The molecule has 0 aliphatic rings. The molecule has 0 aromatic heterocycles. The summed E-state index contributed by atoms with van der Waals surface area (Å²) in [6.45, 7) is 27.5. The third kappa shape index (κ3) is 9.05. The molecule has 0 atom stereocenters. The Labute approximate surface area is 475 Å². The van der Waals surface area contributed by atoms with Crippen LogP contribution in [0, 0.1) is 83.1 Å². The zero-order valence-electron chi connectivity index (χ0n) is 48.7. The molecule has 12 aromatic rings. The molecule has 0 aliphatic carbocycles. The van der Waals surface area contributed by atoms with Gasteiger partial charge < -0.3 is 9.80 Å². The van der Waals surface area contributed by atoms with Gasteiger partial charge in [-0.15, -0.1) is 0 Å². The van der Waals surface area contributed by atoms with Crippen molar-refractivity contribution in [2.75, 3.05) is 9.80 Å². The van der Waals surface area contributed by atoms with Crippen LogP contribution in [-0.4, -0.2) is 13.4 Å². The first-order valence-corrected chi connectivity index (χ1v) is 28.6. The summed E-state index contributed by atoms with van der Waals surface area (Å²) in [6.07, 6.45) is 0. The van der Waals surface area contributed by atoms with Crippen LogP contribution in [0.1, 0.15) is 66.8 Å². The lowest BCUT2D eigenvalue weighted by Crippen LogP contribution is -2.56. The van der Waals surface area contributed by atoms with Crippen LogP contribution in [0.2, 0.25) is 0 Å². The maximum atomic E-state index is 2.58. The molecule has 0 radical (unpaired) electrons. The molecule has 80 heavy (non-hydrogen) atoms. The summed E-state index contributed by atoms with van der Waals surface area (Å²) in [7, 11) is 0. The van der Waals surface area contributed by atoms with Gasteiger partial charge in [0.15, 0.2) is 0 Å². The van der Waals surface area contributed by atoms with Crippen molar-refractivity contribution >= 4 is 113 Å². The molecule has 0 spiro atoms. The first-order chi connectivity index (χ1) is 38.7. The molecule has 0 N–H and O–H groups in total. The van der Waals surface area contributed by atoms with Crippen molar-refractivity contribution in [3.05, 3.63) is 273 Å². The highest BCUT2D eigenvalue weighted by molar-refractivity contribution is 6.99. The van der Waals surface area contributed by atoms with E-state index in [1.807, 2.05) is 0 Å². The fourth-order valence-electron chi connectivity index (χ4n) is 14.5. The number of anilines is 6. The van der Waals surface area contributed by atoms with Gasteiger partial charge in [0.2, 0.25) is 13.4 Å². The minimum atomic E-state index is -0.0968. The van der Waals surface area contributed by atoms with E-state index in [-0.39, 0.29) is 13.4 Å². The summed E-state index contributed by atoms with van der Waals surface area (Å²) < 4.78 is 0. The third-order valence-electron chi connectivity index (χ3n) is 17.2. The van der Waals surface area contributed by atoms with Gasteiger partial charge in [-0.2, -0.15) is 0 Å². The second kappa shape index (κ2) is 20.9. The van der Waals surface area contributed by atoms with Crippen LogP contribution in [-0.2, 0) is 0 Å². The molecule has 0 aliphatic heterocycles. The maximum absolute atomic E-state index is 2.58. The van der Waals surface area contributed by atoms with E-state index in [9.17, 15) is 0 Å². The standard InChI is InChI=1S/C76H70B2N2/c1-47-37-51(5)73(52(6)38-47)77(74-53(7)39-48(2)40-54(74)8)67-45-69(79(59-25-17-13-18-26-59)60-27-19-14-20-28-60)65-36-34-64-68(78(75-55(9)41-49(3)42-56(75)10)76-57(11)43-50(4)44-58(76)12)46-70(66-35-33-63(67)71(65)72(64)66)80(61-29-21-15-22-30-61)62-31-23-16-24-32-62/h13-46H,1-12H3. The summed E-state index contributed by atoms with van der Waals surface area (Å²) in [4.78, 5) is 5.03. The van der Waals surface area contributed by atoms with E-state index in [1.165, 1.54) is 132 Å². The van der Waals surface area contributed by atoms with Crippen LogP contribution >= 0.6 is 0 Å². The second-order valence-corrected chi connectivity index (χ2v) is 23.2. The number of aryl methyl sites for hydroxylation is 12. The van der Waals surface area contributed by atoms with Gasteiger partial charge in [0.05, 0.1) is 11.4 Å².